The van der Waals surface area contributed by atoms with Crippen molar-refractivity contribution in [2.45, 2.75) is 44.9 Å². The van der Waals surface area contributed by atoms with Gasteiger partial charge in [0, 0.05) is 12.1 Å². The van der Waals surface area contributed by atoms with Crippen molar-refractivity contribution >= 4 is 17.6 Å². The van der Waals surface area contributed by atoms with Crippen molar-refractivity contribution < 1.29 is 19.1 Å². The van der Waals surface area contributed by atoms with Gasteiger partial charge >= 0.3 is 5.97 Å². The Kier molecular flexibility index (Phi) is 5.16. The first-order valence-corrected chi connectivity index (χ1v) is 8.42. The van der Waals surface area contributed by atoms with Gasteiger partial charge in [0.05, 0.1) is 6.61 Å². The number of aryl methyl sites for hydroxylation is 1. The van der Waals surface area contributed by atoms with Gasteiger partial charge < -0.3 is 14.8 Å². The maximum absolute atomic E-state index is 11.8. The van der Waals surface area contributed by atoms with E-state index in [9.17, 15) is 9.59 Å². The van der Waals surface area contributed by atoms with Crippen molar-refractivity contribution in [1.82, 2.24) is 0 Å². The van der Waals surface area contributed by atoms with Crippen molar-refractivity contribution in [1.29, 1.82) is 0 Å². The van der Waals surface area contributed by atoms with Crippen LogP contribution in [0.1, 0.15) is 44.1 Å². The van der Waals surface area contributed by atoms with Crippen LogP contribution in [0, 0.1) is 5.92 Å². The van der Waals surface area contributed by atoms with Crippen molar-refractivity contribution in [2.75, 3.05) is 18.5 Å². The summed E-state index contributed by atoms with van der Waals surface area (Å²) in [6.45, 7) is 0.441. The van der Waals surface area contributed by atoms with Gasteiger partial charge in [0.1, 0.15) is 5.75 Å². The van der Waals surface area contributed by atoms with Crippen LogP contribution in [0.15, 0.2) is 18.2 Å². The summed E-state index contributed by atoms with van der Waals surface area (Å²) in [7, 11) is 0. The van der Waals surface area contributed by atoms with Gasteiger partial charge in [-0.15, -0.1) is 0 Å². The van der Waals surface area contributed by atoms with Crippen LogP contribution < -0.4 is 10.1 Å². The Balaban J connectivity index is 1.44. The minimum atomic E-state index is -0.318. The van der Waals surface area contributed by atoms with Gasteiger partial charge in [-0.05, 0) is 48.9 Å². The molecule has 0 spiro atoms. The summed E-state index contributed by atoms with van der Waals surface area (Å²) in [6.07, 6.45) is 7.28. The molecular formula is C18H23NO4. The second kappa shape index (κ2) is 7.49. The zero-order valence-electron chi connectivity index (χ0n) is 13.3. The average molecular weight is 317 g/mol. The maximum atomic E-state index is 11.8. The van der Waals surface area contributed by atoms with Gasteiger partial charge in [-0.1, -0.05) is 19.3 Å². The van der Waals surface area contributed by atoms with E-state index in [2.05, 4.69) is 5.32 Å². The van der Waals surface area contributed by atoms with Crippen molar-refractivity contribution in [3.63, 3.8) is 0 Å². The quantitative estimate of drug-likeness (QED) is 0.848. The number of fused-ring (bicyclic) bond motifs is 1. The standard InChI is InChI=1S/C18H23NO4/c20-17-9-6-14-10-15(7-8-16(14)19-17)22-12-18(21)23-11-13-4-2-1-3-5-13/h7-8,10,13H,1-6,9,11-12H2,(H,19,20). The first-order chi connectivity index (χ1) is 11.2. The minimum Gasteiger partial charge on any atom is -0.482 e. The summed E-state index contributed by atoms with van der Waals surface area (Å²) in [5.41, 5.74) is 1.87. The summed E-state index contributed by atoms with van der Waals surface area (Å²) in [5.74, 6) is 0.869. The van der Waals surface area contributed by atoms with Gasteiger partial charge in [-0.25, -0.2) is 4.79 Å². The Morgan fingerprint density at radius 3 is 2.83 bits per heavy atom. The molecule has 0 aromatic heterocycles. The third-order valence-corrected chi connectivity index (χ3v) is 4.53. The monoisotopic (exact) mass is 317 g/mol. The first-order valence-electron chi connectivity index (χ1n) is 8.42. The van der Waals surface area contributed by atoms with Gasteiger partial charge in [0.15, 0.2) is 6.61 Å². The predicted octanol–water partition coefficient (Wildman–Crippen LogP) is 3.07. The molecule has 0 atom stereocenters. The normalized spacial score (nSPS) is 18.0. The molecule has 2 aliphatic rings. The number of rotatable bonds is 5. The molecule has 1 heterocycles. The lowest BCUT2D eigenvalue weighted by Gasteiger charge is -2.21. The van der Waals surface area contributed by atoms with Gasteiger partial charge in [0.2, 0.25) is 5.91 Å². The van der Waals surface area contributed by atoms with E-state index in [0.29, 0.717) is 31.1 Å². The fraction of sp³-hybridized carbons (Fsp3) is 0.556. The summed E-state index contributed by atoms with van der Waals surface area (Å²) in [5, 5.41) is 2.82. The van der Waals surface area contributed by atoms with E-state index in [4.69, 9.17) is 9.47 Å². The molecule has 1 amide bonds. The van der Waals surface area contributed by atoms with Crippen LogP contribution in [0.2, 0.25) is 0 Å². The average Bonchev–Trinajstić information content (AvgIpc) is 2.59. The van der Waals surface area contributed by atoms with Crippen LogP contribution in [0.25, 0.3) is 0 Å². The highest BCUT2D eigenvalue weighted by atomic mass is 16.6. The molecule has 5 nitrogen and oxygen atoms in total. The molecule has 23 heavy (non-hydrogen) atoms. The summed E-state index contributed by atoms with van der Waals surface area (Å²) in [6, 6.07) is 5.46. The molecule has 1 aliphatic carbocycles. The van der Waals surface area contributed by atoms with E-state index < -0.39 is 0 Å². The lowest BCUT2D eigenvalue weighted by molar-refractivity contribution is -0.147. The number of hydrogen-bond acceptors (Lipinski definition) is 4. The fourth-order valence-electron chi connectivity index (χ4n) is 3.20. The number of nitrogens with one attached hydrogen (secondary N) is 1. The number of benzene rings is 1. The third kappa shape index (κ3) is 4.47. The zero-order chi connectivity index (χ0) is 16.1. The van der Waals surface area contributed by atoms with Crippen molar-refractivity contribution in [3.05, 3.63) is 23.8 Å². The van der Waals surface area contributed by atoms with Gasteiger partial charge in [-0.2, -0.15) is 0 Å². The molecule has 1 fully saturated rings. The topological polar surface area (TPSA) is 64.6 Å². The molecule has 0 unspecified atom stereocenters. The Hall–Kier alpha value is -2.04. The van der Waals surface area contributed by atoms with E-state index in [0.717, 1.165) is 24.1 Å². The number of carbonyl (C=O) groups excluding carboxylic acids is 2. The van der Waals surface area contributed by atoms with Crippen LogP contribution in [0.5, 0.6) is 5.75 Å². The lowest BCUT2D eigenvalue weighted by atomic mass is 9.90. The molecule has 124 valence electrons. The number of anilines is 1. The Morgan fingerprint density at radius 1 is 1.17 bits per heavy atom. The fourth-order valence-corrected chi connectivity index (χ4v) is 3.20. The smallest absolute Gasteiger partial charge is 0.344 e. The van der Waals surface area contributed by atoms with Crippen LogP contribution in [-0.2, 0) is 20.7 Å². The molecule has 1 aliphatic heterocycles. The molecule has 3 rings (SSSR count). The number of carbonyl (C=O) groups is 2. The van der Waals surface area contributed by atoms with Gasteiger partial charge in [0.25, 0.3) is 0 Å². The second-order valence-electron chi connectivity index (χ2n) is 6.34. The number of hydrogen-bond donors (Lipinski definition) is 1. The van der Waals surface area contributed by atoms with Crippen LogP contribution in [-0.4, -0.2) is 25.1 Å². The summed E-state index contributed by atoms with van der Waals surface area (Å²) in [4.78, 5) is 23.1. The molecule has 1 aromatic rings. The number of amides is 1. The SMILES string of the molecule is O=C1CCc2cc(OCC(=O)OCC3CCCCC3)ccc2N1. The van der Waals surface area contributed by atoms with E-state index in [1.54, 1.807) is 6.07 Å². The second-order valence-corrected chi connectivity index (χ2v) is 6.34. The molecule has 1 N–H and O–H groups in total. The van der Waals surface area contributed by atoms with Gasteiger partial charge in [-0.3, -0.25) is 4.79 Å². The maximum Gasteiger partial charge on any atom is 0.344 e. The molecule has 1 aromatic carbocycles. The highest BCUT2D eigenvalue weighted by molar-refractivity contribution is 5.94. The first kappa shape index (κ1) is 15.8. The molecule has 0 bridgehead atoms. The highest BCUT2D eigenvalue weighted by Crippen LogP contribution is 2.27. The van der Waals surface area contributed by atoms with E-state index >= 15 is 0 Å². The molecule has 0 saturated heterocycles. The minimum absolute atomic E-state index is 0.0393. The third-order valence-electron chi connectivity index (χ3n) is 4.53. The Morgan fingerprint density at radius 2 is 2.00 bits per heavy atom. The number of ether oxygens (including phenoxy) is 2. The van der Waals surface area contributed by atoms with E-state index in [1.807, 2.05) is 12.1 Å². The van der Waals surface area contributed by atoms with E-state index in [-0.39, 0.29) is 18.5 Å². The Labute approximate surface area is 136 Å². The molecule has 0 radical (unpaired) electrons. The van der Waals surface area contributed by atoms with Crippen molar-refractivity contribution in [3.8, 4) is 5.75 Å². The largest absolute Gasteiger partial charge is 0.482 e. The predicted molar refractivity (Wildman–Crippen MR) is 86.4 cm³/mol. The van der Waals surface area contributed by atoms with Crippen molar-refractivity contribution in [2.24, 2.45) is 5.92 Å². The molecule has 5 heteroatoms. The van der Waals surface area contributed by atoms with E-state index in [1.165, 1.54) is 19.3 Å². The Bertz CT molecular complexity index is 578. The summed E-state index contributed by atoms with van der Waals surface area (Å²) >= 11 is 0. The van der Waals surface area contributed by atoms with Crippen LogP contribution >= 0.6 is 0 Å². The highest BCUT2D eigenvalue weighted by Gasteiger charge is 2.17. The van der Waals surface area contributed by atoms with Crippen LogP contribution in [0.4, 0.5) is 5.69 Å². The summed E-state index contributed by atoms with van der Waals surface area (Å²) < 4.78 is 10.8. The van der Waals surface area contributed by atoms with Crippen LogP contribution in [0.3, 0.4) is 0 Å². The molecule has 1 saturated carbocycles. The molecular weight excluding hydrogens is 294 g/mol. The number of esters is 1. The lowest BCUT2D eigenvalue weighted by Crippen LogP contribution is -2.21. The zero-order valence-corrected chi connectivity index (χ0v) is 13.3.